The van der Waals surface area contributed by atoms with Gasteiger partial charge in [-0.2, -0.15) is 0 Å². The van der Waals surface area contributed by atoms with Crippen molar-refractivity contribution in [3.8, 4) is 0 Å². The summed E-state index contributed by atoms with van der Waals surface area (Å²) in [6.45, 7) is 1.38. The molecule has 0 radical (unpaired) electrons. The zero-order valence-corrected chi connectivity index (χ0v) is 8.90. The summed E-state index contributed by atoms with van der Waals surface area (Å²) in [5, 5.41) is 8.32. The average molecular weight is 223 g/mol. The molecule has 0 aromatic heterocycles. The van der Waals surface area contributed by atoms with Crippen molar-refractivity contribution in [3.63, 3.8) is 0 Å². The maximum Gasteiger partial charge on any atom is 0.332 e. The van der Waals surface area contributed by atoms with Gasteiger partial charge in [0.15, 0.2) is 6.61 Å². The molecule has 1 amide bonds. The number of carbonyl (C=O) groups is 2. The van der Waals surface area contributed by atoms with Crippen LogP contribution < -0.4 is 5.48 Å². The maximum absolute atomic E-state index is 11.6. The zero-order chi connectivity index (χ0) is 12.0. The van der Waals surface area contributed by atoms with Crippen molar-refractivity contribution in [3.05, 3.63) is 35.4 Å². The molecule has 0 unspecified atom stereocenters. The van der Waals surface area contributed by atoms with Gasteiger partial charge in [0, 0.05) is 5.56 Å². The fraction of sp³-hybridized carbons (Fsp3) is 0.273. The van der Waals surface area contributed by atoms with Gasteiger partial charge in [0.1, 0.15) is 0 Å². The number of nitrogens with one attached hydrogen (secondary N) is 1. The lowest BCUT2D eigenvalue weighted by Gasteiger charge is -2.07. The first-order valence-electron chi connectivity index (χ1n) is 4.87. The highest BCUT2D eigenvalue weighted by Gasteiger charge is 2.09. The Kier molecular flexibility index (Phi) is 4.47. The SMILES string of the molecule is CCc1ccccc1C(=O)NOCC(=O)O. The predicted octanol–water partition coefficient (Wildman–Crippen LogP) is 0.995. The van der Waals surface area contributed by atoms with Gasteiger partial charge >= 0.3 is 5.97 Å². The van der Waals surface area contributed by atoms with Crippen LogP contribution in [0.15, 0.2) is 24.3 Å². The second kappa shape index (κ2) is 5.87. The molecule has 0 aliphatic rings. The molecule has 0 saturated heterocycles. The second-order valence-corrected chi connectivity index (χ2v) is 3.12. The molecule has 0 heterocycles. The van der Waals surface area contributed by atoms with Crippen molar-refractivity contribution in [2.75, 3.05) is 6.61 Å². The summed E-state index contributed by atoms with van der Waals surface area (Å²) in [6, 6.07) is 7.09. The molecular weight excluding hydrogens is 210 g/mol. The zero-order valence-electron chi connectivity index (χ0n) is 8.90. The monoisotopic (exact) mass is 223 g/mol. The van der Waals surface area contributed by atoms with Crippen molar-refractivity contribution < 1.29 is 19.5 Å². The van der Waals surface area contributed by atoms with Gasteiger partial charge in [0.25, 0.3) is 5.91 Å². The van der Waals surface area contributed by atoms with E-state index in [0.29, 0.717) is 5.56 Å². The minimum Gasteiger partial charge on any atom is -0.479 e. The summed E-state index contributed by atoms with van der Waals surface area (Å²) in [4.78, 5) is 26.3. The highest BCUT2D eigenvalue weighted by Crippen LogP contribution is 2.08. The molecule has 0 spiro atoms. The van der Waals surface area contributed by atoms with Crippen molar-refractivity contribution in [2.45, 2.75) is 13.3 Å². The Morgan fingerprint density at radius 2 is 2.06 bits per heavy atom. The molecule has 0 atom stereocenters. The quantitative estimate of drug-likeness (QED) is 0.730. The van der Waals surface area contributed by atoms with E-state index in [0.717, 1.165) is 12.0 Å². The van der Waals surface area contributed by atoms with E-state index in [1.165, 1.54) is 0 Å². The summed E-state index contributed by atoms with van der Waals surface area (Å²) < 4.78 is 0. The van der Waals surface area contributed by atoms with Crippen molar-refractivity contribution in [2.24, 2.45) is 0 Å². The number of carboxylic acids is 1. The van der Waals surface area contributed by atoms with E-state index < -0.39 is 18.5 Å². The molecule has 16 heavy (non-hydrogen) atoms. The highest BCUT2D eigenvalue weighted by atomic mass is 16.7. The minimum absolute atomic E-state index is 0.432. The van der Waals surface area contributed by atoms with Crippen LogP contribution in [-0.2, 0) is 16.1 Å². The number of amides is 1. The van der Waals surface area contributed by atoms with E-state index in [1.54, 1.807) is 12.1 Å². The highest BCUT2D eigenvalue weighted by molar-refractivity contribution is 5.95. The Labute approximate surface area is 93.0 Å². The largest absolute Gasteiger partial charge is 0.479 e. The van der Waals surface area contributed by atoms with Gasteiger partial charge in [-0.15, -0.1) is 0 Å². The molecule has 0 fully saturated rings. The van der Waals surface area contributed by atoms with E-state index in [2.05, 4.69) is 10.3 Å². The lowest BCUT2D eigenvalue weighted by Crippen LogP contribution is -2.27. The number of hydroxylamine groups is 1. The van der Waals surface area contributed by atoms with E-state index in [1.807, 2.05) is 19.1 Å². The molecule has 2 N–H and O–H groups in total. The number of benzene rings is 1. The second-order valence-electron chi connectivity index (χ2n) is 3.12. The molecule has 1 aromatic carbocycles. The number of rotatable bonds is 5. The van der Waals surface area contributed by atoms with E-state index in [4.69, 9.17) is 5.11 Å². The topological polar surface area (TPSA) is 75.6 Å². The molecule has 1 aromatic rings. The third-order valence-corrected chi connectivity index (χ3v) is 2.00. The third kappa shape index (κ3) is 3.36. The van der Waals surface area contributed by atoms with Gasteiger partial charge < -0.3 is 5.11 Å². The van der Waals surface area contributed by atoms with E-state index in [9.17, 15) is 9.59 Å². The molecule has 0 aliphatic heterocycles. The molecule has 0 aliphatic carbocycles. The molecule has 86 valence electrons. The molecular formula is C11H13NO4. The average Bonchev–Trinajstić information content (AvgIpc) is 2.28. The van der Waals surface area contributed by atoms with Crippen LogP contribution in [0.1, 0.15) is 22.8 Å². The lowest BCUT2D eigenvalue weighted by molar-refractivity contribution is -0.144. The fourth-order valence-corrected chi connectivity index (χ4v) is 1.27. The smallest absolute Gasteiger partial charge is 0.332 e. The molecule has 5 nitrogen and oxygen atoms in total. The predicted molar refractivity (Wildman–Crippen MR) is 56.9 cm³/mol. The normalized spacial score (nSPS) is 9.81. The Bertz CT molecular complexity index is 389. The maximum atomic E-state index is 11.6. The van der Waals surface area contributed by atoms with Crippen LogP contribution in [0.4, 0.5) is 0 Å². The summed E-state index contributed by atoms with van der Waals surface area (Å²) in [7, 11) is 0. The van der Waals surface area contributed by atoms with Crippen LogP contribution in [0.5, 0.6) is 0 Å². The Hall–Kier alpha value is -1.88. The van der Waals surface area contributed by atoms with Crippen molar-refractivity contribution in [1.82, 2.24) is 5.48 Å². The lowest BCUT2D eigenvalue weighted by atomic mass is 10.1. The van der Waals surface area contributed by atoms with Crippen molar-refractivity contribution >= 4 is 11.9 Å². The Balaban J connectivity index is 2.62. The number of carboxylic acid groups (broad SMARTS) is 1. The van der Waals surface area contributed by atoms with Gasteiger partial charge in [0.05, 0.1) is 0 Å². The number of hydrogen-bond donors (Lipinski definition) is 2. The summed E-state index contributed by atoms with van der Waals surface area (Å²) in [6.07, 6.45) is 0.725. The first-order chi connectivity index (χ1) is 7.65. The van der Waals surface area contributed by atoms with Gasteiger partial charge in [-0.25, -0.2) is 10.3 Å². The van der Waals surface area contributed by atoms with Crippen LogP contribution in [0.2, 0.25) is 0 Å². The van der Waals surface area contributed by atoms with E-state index >= 15 is 0 Å². The third-order valence-electron chi connectivity index (χ3n) is 2.00. The van der Waals surface area contributed by atoms with Crippen LogP contribution in [0.25, 0.3) is 0 Å². The fourth-order valence-electron chi connectivity index (χ4n) is 1.27. The summed E-state index contributed by atoms with van der Waals surface area (Å²) >= 11 is 0. The van der Waals surface area contributed by atoms with Gasteiger partial charge in [-0.05, 0) is 18.1 Å². The standard InChI is InChI=1S/C11H13NO4/c1-2-8-5-3-4-6-9(8)11(15)12-16-7-10(13)14/h3-6H,2,7H2,1H3,(H,12,15)(H,13,14). The van der Waals surface area contributed by atoms with Gasteiger partial charge in [-0.3, -0.25) is 9.63 Å². The van der Waals surface area contributed by atoms with Crippen LogP contribution in [0, 0.1) is 0 Å². The molecule has 0 saturated carbocycles. The number of aliphatic carboxylic acids is 1. The number of hydrogen-bond acceptors (Lipinski definition) is 3. The van der Waals surface area contributed by atoms with Gasteiger partial charge in [-0.1, -0.05) is 25.1 Å². The van der Waals surface area contributed by atoms with Gasteiger partial charge in [0.2, 0.25) is 0 Å². The first kappa shape index (κ1) is 12.2. The number of aryl methyl sites for hydroxylation is 1. The van der Waals surface area contributed by atoms with Crippen molar-refractivity contribution in [1.29, 1.82) is 0 Å². The Morgan fingerprint density at radius 3 is 2.69 bits per heavy atom. The number of carbonyl (C=O) groups excluding carboxylic acids is 1. The Morgan fingerprint density at radius 1 is 1.38 bits per heavy atom. The van der Waals surface area contributed by atoms with Crippen LogP contribution in [-0.4, -0.2) is 23.6 Å². The summed E-state index contributed by atoms with van der Waals surface area (Å²) in [5.74, 6) is -1.57. The summed E-state index contributed by atoms with van der Waals surface area (Å²) in [5.41, 5.74) is 3.47. The molecule has 5 heteroatoms. The minimum atomic E-state index is -1.14. The molecule has 0 bridgehead atoms. The molecule has 1 rings (SSSR count). The van der Waals surface area contributed by atoms with Crippen LogP contribution in [0.3, 0.4) is 0 Å². The van der Waals surface area contributed by atoms with E-state index in [-0.39, 0.29) is 0 Å². The first-order valence-corrected chi connectivity index (χ1v) is 4.87. The van der Waals surface area contributed by atoms with Crippen LogP contribution >= 0.6 is 0 Å².